The molecule has 0 aliphatic carbocycles. The third-order valence-corrected chi connectivity index (χ3v) is 2.34. The van der Waals surface area contributed by atoms with Gasteiger partial charge in [-0.05, 0) is 24.6 Å². The van der Waals surface area contributed by atoms with Crippen molar-refractivity contribution in [2.24, 2.45) is 0 Å². The van der Waals surface area contributed by atoms with E-state index >= 15 is 0 Å². The van der Waals surface area contributed by atoms with Crippen molar-refractivity contribution in [1.82, 2.24) is 10.3 Å². The molecule has 0 unspecified atom stereocenters. The van der Waals surface area contributed by atoms with Gasteiger partial charge in [-0.1, -0.05) is 22.6 Å². The summed E-state index contributed by atoms with van der Waals surface area (Å²) in [5, 5.41) is 3.22. The van der Waals surface area contributed by atoms with Crippen LogP contribution in [0.1, 0.15) is 12.0 Å². The molecule has 4 heteroatoms. The zero-order chi connectivity index (χ0) is 9.52. The zero-order valence-corrected chi connectivity index (χ0v) is 9.42. The van der Waals surface area contributed by atoms with Gasteiger partial charge in [-0.15, -0.1) is 0 Å². The molecular formula is C9H12FIN2. The third-order valence-electron chi connectivity index (χ3n) is 1.58. The van der Waals surface area contributed by atoms with Gasteiger partial charge in [0.25, 0.3) is 0 Å². The summed E-state index contributed by atoms with van der Waals surface area (Å²) in [5.41, 5.74) is 0.897. The standard InChI is InChI=1S/C9H12FIN2/c10-9-4-8(6-13-7-9)5-12-3-1-2-11/h4,6-7,12H,1-3,5H2. The Hall–Kier alpha value is -0.230. The Labute approximate surface area is 91.1 Å². The first-order valence-electron chi connectivity index (χ1n) is 4.19. The summed E-state index contributed by atoms with van der Waals surface area (Å²) >= 11 is 2.33. The molecule has 0 saturated carbocycles. The molecule has 1 N–H and O–H groups in total. The minimum absolute atomic E-state index is 0.270. The molecule has 13 heavy (non-hydrogen) atoms. The smallest absolute Gasteiger partial charge is 0.141 e. The van der Waals surface area contributed by atoms with E-state index in [1.54, 1.807) is 6.20 Å². The second kappa shape index (κ2) is 6.26. The van der Waals surface area contributed by atoms with E-state index < -0.39 is 0 Å². The molecule has 0 amide bonds. The minimum atomic E-state index is -0.270. The number of nitrogens with one attached hydrogen (secondary N) is 1. The van der Waals surface area contributed by atoms with Gasteiger partial charge in [-0.2, -0.15) is 0 Å². The average molecular weight is 294 g/mol. The molecule has 0 aliphatic heterocycles. The van der Waals surface area contributed by atoms with Crippen LogP contribution in [-0.4, -0.2) is 16.0 Å². The fourth-order valence-corrected chi connectivity index (χ4v) is 1.36. The molecule has 0 aromatic carbocycles. The van der Waals surface area contributed by atoms with Gasteiger partial charge < -0.3 is 5.32 Å². The van der Waals surface area contributed by atoms with E-state index in [9.17, 15) is 4.39 Å². The highest BCUT2D eigenvalue weighted by Crippen LogP contribution is 1.99. The number of pyridine rings is 1. The molecule has 0 bridgehead atoms. The number of hydrogen-bond acceptors (Lipinski definition) is 2. The Balaban J connectivity index is 2.28. The highest BCUT2D eigenvalue weighted by Gasteiger charge is 1.94. The summed E-state index contributed by atoms with van der Waals surface area (Å²) in [4.78, 5) is 3.77. The first-order valence-corrected chi connectivity index (χ1v) is 5.71. The lowest BCUT2D eigenvalue weighted by Gasteiger charge is -2.02. The first kappa shape index (κ1) is 10.8. The Morgan fingerprint density at radius 1 is 1.46 bits per heavy atom. The van der Waals surface area contributed by atoms with E-state index in [0.717, 1.165) is 23.0 Å². The van der Waals surface area contributed by atoms with Crippen LogP contribution >= 0.6 is 22.6 Å². The number of alkyl halides is 1. The second-order valence-electron chi connectivity index (χ2n) is 2.73. The van der Waals surface area contributed by atoms with Crippen molar-refractivity contribution in [3.05, 3.63) is 29.8 Å². The normalized spacial score (nSPS) is 10.3. The highest BCUT2D eigenvalue weighted by molar-refractivity contribution is 14.1. The molecule has 1 heterocycles. The van der Waals surface area contributed by atoms with Crippen LogP contribution in [0.3, 0.4) is 0 Å². The first-order chi connectivity index (χ1) is 6.33. The Morgan fingerprint density at radius 2 is 2.31 bits per heavy atom. The van der Waals surface area contributed by atoms with Gasteiger partial charge in [-0.25, -0.2) is 4.39 Å². The van der Waals surface area contributed by atoms with Crippen molar-refractivity contribution in [3.8, 4) is 0 Å². The van der Waals surface area contributed by atoms with Crippen molar-refractivity contribution in [2.75, 3.05) is 11.0 Å². The van der Waals surface area contributed by atoms with E-state index in [1.165, 1.54) is 12.3 Å². The number of rotatable bonds is 5. The van der Waals surface area contributed by atoms with Crippen LogP contribution in [0.15, 0.2) is 18.5 Å². The molecule has 0 saturated heterocycles. The van der Waals surface area contributed by atoms with Crippen molar-refractivity contribution in [1.29, 1.82) is 0 Å². The second-order valence-corrected chi connectivity index (χ2v) is 3.81. The summed E-state index contributed by atoms with van der Waals surface area (Å²) in [5.74, 6) is -0.270. The van der Waals surface area contributed by atoms with E-state index in [2.05, 4.69) is 32.9 Å². The van der Waals surface area contributed by atoms with Gasteiger partial charge >= 0.3 is 0 Å². The lowest BCUT2D eigenvalue weighted by molar-refractivity contribution is 0.612. The maximum atomic E-state index is 12.7. The van der Waals surface area contributed by atoms with Crippen molar-refractivity contribution >= 4 is 22.6 Å². The van der Waals surface area contributed by atoms with Gasteiger partial charge in [0.15, 0.2) is 0 Å². The van der Waals surface area contributed by atoms with Crippen LogP contribution in [0.2, 0.25) is 0 Å². The largest absolute Gasteiger partial charge is 0.313 e. The SMILES string of the molecule is Fc1cncc(CNCCCI)c1. The Kier molecular flexibility index (Phi) is 5.22. The average Bonchev–Trinajstić information content (AvgIpc) is 2.13. The topological polar surface area (TPSA) is 24.9 Å². The van der Waals surface area contributed by atoms with Crippen LogP contribution in [0.5, 0.6) is 0 Å². The van der Waals surface area contributed by atoms with Crippen LogP contribution in [0.25, 0.3) is 0 Å². The Bertz CT molecular complexity index is 255. The van der Waals surface area contributed by atoms with E-state index in [-0.39, 0.29) is 5.82 Å². The van der Waals surface area contributed by atoms with Crippen molar-refractivity contribution in [2.45, 2.75) is 13.0 Å². The summed E-state index contributed by atoms with van der Waals surface area (Å²) < 4.78 is 13.8. The molecule has 1 rings (SSSR count). The van der Waals surface area contributed by atoms with E-state index in [0.29, 0.717) is 6.54 Å². The molecule has 0 spiro atoms. The van der Waals surface area contributed by atoms with Crippen LogP contribution in [0, 0.1) is 5.82 Å². The molecule has 0 aliphatic rings. The molecule has 1 aromatic heterocycles. The number of nitrogens with zero attached hydrogens (tertiary/aromatic N) is 1. The van der Waals surface area contributed by atoms with Gasteiger partial charge in [0, 0.05) is 17.2 Å². The molecule has 0 radical (unpaired) electrons. The Morgan fingerprint density at radius 3 is 3.00 bits per heavy atom. The predicted octanol–water partition coefficient (Wildman–Crippen LogP) is 2.14. The lowest BCUT2D eigenvalue weighted by Crippen LogP contribution is -2.15. The number of halogens is 2. The lowest BCUT2D eigenvalue weighted by atomic mass is 10.3. The fraction of sp³-hybridized carbons (Fsp3) is 0.444. The molecular weight excluding hydrogens is 282 g/mol. The molecule has 0 atom stereocenters. The van der Waals surface area contributed by atoms with Gasteiger partial charge in [0.1, 0.15) is 5.82 Å². The van der Waals surface area contributed by atoms with Gasteiger partial charge in [0.05, 0.1) is 6.20 Å². The zero-order valence-electron chi connectivity index (χ0n) is 7.26. The third kappa shape index (κ3) is 4.52. The van der Waals surface area contributed by atoms with E-state index in [4.69, 9.17) is 0 Å². The van der Waals surface area contributed by atoms with Crippen molar-refractivity contribution < 1.29 is 4.39 Å². The minimum Gasteiger partial charge on any atom is -0.313 e. The quantitative estimate of drug-likeness (QED) is 0.511. The fourth-order valence-electron chi connectivity index (χ4n) is 0.977. The van der Waals surface area contributed by atoms with E-state index in [1.807, 2.05) is 0 Å². The summed E-state index contributed by atoms with van der Waals surface area (Å²) in [6, 6.07) is 1.50. The molecule has 2 nitrogen and oxygen atoms in total. The summed E-state index contributed by atoms with van der Waals surface area (Å²) in [7, 11) is 0. The predicted molar refractivity (Wildman–Crippen MR) is 59.4 cm³/mol. The molecule has 72 valence electrons. The van der Waals surface area contributed by atoms with Gasteiger partial charge in [-0.3, -0.25) is 4.98 Å². The van der Waals surface area contributed by atoms with Crippen LogP contribution in [-0.2, 0) is 6.54 Å². The summed E-state index contributed by atoms with van der Waals surface area (Å²) in [6.45, 7) is 1.67. The molecule has 1 aromatic rings. The highest BCUT2D eigenvalue weighted by atomic mass is 127. The maximum absolute atomic E-state index is 12.7. The summed E-state index contributed by atoms with van der Waals surface area (Å²) in [6.07, 6.45) is 4.04. The van der Waals surface area contributed by atoms with Crippen LogP contribution in [0.4, 0.5) is 4.39 Å². The maximum Gasteiger partial charge on any atom is 0.141 e. The van der Waals surface area contributed by atoms with Crippen LogP contribution < -0.4 is 5.32 Å². The van der Waals surface area contributed by atoms with Crippen molar-refractivity contribution in [3.63, 3.8) is 0 Å². The number of hydrogen-bond donors (Lipinski definition) is 1. The van der Waals surface area contributed by atoms with Gasteiger partial charge in [0.2, 0.25) is 0 Å². The monoisotopic (exact) mass is 294 g/mol. The molecule has 0 fully saturated rings. The number of aromatic nitrogens is 1.